The highest BCUT2D eigenvalue weighted by molar-refractivity contribution is 9.09. The number of aliphatic hydroxyl groups is 1. The lowest BCUT2D eigenvalue weighted by atomic mass is 9.71. The number of hydrogen-bond donors (Lipinski definition) is 1. The van der Waals surface area contributed by atoms with Gasteiger partial charge in [-0.3, -0.25) is 14.4 Å². The lowest BCUT2D eigenvalue weighted by Crippen LogP contribution is -2.58. The topological polar surface area (TPSA) is 87.2 Å². The van der Waals surface area contributed by atoms with Crippen LogP contribution in [0.15, 0.2) is 43.0 Å². The minimum absolute atomic E-state index is 0.0233. The van der Waals surface area contributed by atoms with E-state index in [0.29, 0.717) is 19.5 Å². The van der Waals surface area contributed by atoms with E-state index in [1.54, 1.807) is 34.6 Å². The summed E-state index contributed by atoms with van der Waals surface area (Å²) < 4.78 is 4.63. The predicted molar refractivity (Wildman–Crippen MR) is 143 cm³/mol. The smallest absolute Gasteiger partial charge is 0.310 e. The lowest BCUT2D eigenvalue weighted by Gasteiger charge is -2.41. The maximum Gasteiger partial charge on any atom is 0.310 e. The van der Waals surface area contributed by atoms with Crippen molar-refractivity contribution < 1.29 is 24.2 Å². The molecule has 196 valence electrons. The highest BCUT2D eigenvalue weighted by Crippen LogP contribution is 2.68. The van der Waals surface area contributed by atoms with E-state index in [0.717, 1.165) is 5.56 Å². The molecule has 7 nitrogen and oxygen atoms in total. The monoisotopic (exact) mass is 578 g/mol. The summed E-state index contributed by atoms with van der Waals surface area (Å²) in [6.07, 6.45) is 2.28. The van der Waals surface area contributed by atoms with E-state index < -0.39 is 28.7 Å². The molecular weight excluding hydrogens is 544 g/mol. The fourth-order valence-corrected chi connectivity index (χ4v) is 9.78. The zero-order valence-electron chi connectivity index (χ0n) is 21.0. The Morgan fingerprint density at radius 2 is 2.06 bits per heavy atom. The Hall–Kier alpha value is -1.84. The normalized spacial score (nSPS) is 31.4. The van der Waals surface area contributed by atoms with Crippen LogP contribution >= 0.6 is 27.7 Å². The first-order chi connectivity index (χ1) is 17.2. The molecule has 4 rings (SSSR count). The Bertz CT molecular complexity index is 1010. The first-order valence-electron chi connectivity index (χ1n) is 12.6. The summed E-state index contributed by atoms with van der Waals surface area (Å²) in [5.41, 5.74) is 0.978. The molecule has 2 bridgehead atoms. The number of amides is 2. The number of carbonyl (C=O) groups excluding carboxylic acids is 3. The van der Waals surface area contributed by atoms with Crippen molar-refractivity contribution in [3.8, 4) is 0 Å². The molecule has 1 aromatic carbocycles. The summed E-state index contributed by atoms with van der Waals surface area (Å²) in [4.78, 5) is 45.0. The average molecular weight is 580 g/mol. The van der Waals surface area contributed by atoms with Crippen LogP contribution in [0.25, 0.3) is 0 Å². The lowest BCUT2D eigenvalue weighted by molar-refractivity contribution is -0.154. The number of nitrogens with zero attached hydrogens (tertiary/aromatic N) is 2. The summed E-state index contributed by atoms with van der Waals surface area (Å²) in [5, 5.41) is 10.2. The number of benzene rings is 1. The number of aliphatic hydroxyl groups excluding tert-OH is 1. The molecule has 3 aliphatic heterocycles. The van der Waals surface area contributed by atoms with Crippen molar-refractivity contribution in [2.45, 2.75) is 60.6 Å². The molecule has 1 spiro atoms. The van der Waals surface area contributed by atoms with Gasteiger partial charge in [0.1, 0.15) is 6.04 Å². The number of alkyl halides is 1. The fraction of sp³-hybridized carbons (Fsp3) is 0.593. The second-order valence-corrected chi connectivity index (χ2v) is 12.9. The summed E-state index contributed by atoms with van der Waals surface area (Å²) in [6.45, 7) is 10.2. The molecule has 3 aliphatic rings. The number of hydrogen-bond acceptors (Lipinski definition) is 6. The number of fused-ring (bicyclic) bond motifs is 1. The van der Waals surface area contributed by atoms with Crippen molar-refractivity contribution >= 4 is 45.5 Å². The second kappa shape index (κ2) is 10.9. The van der Waals surface area contributed by atoms with Crippen molar-refractivity contribution in [1.82, 2.24) is 9.80 Å². The van der Waals surface area contributed by atoms with E-state index in [9.17, 15) is 19.5 Å². The van der Waals surface area contributed by atoms with Gasteiger partial charge in [0, 0.05) is 23.2 Å². The zero-order valence-corrected chi connectivity index (χ0v) is 23.4. The highest BCUT2D eigenvalue weighted by Gasteiger charge is 2.76. The molecule has 7 atom stereocenters. The maximum atomic E-state index is 14.4. The molecule has 0 saturated carbocycles. The molecular formula is C27H35BrN2O5S. The Morgan fingerprint density at radius 3 is 2.64 bits per heavy atom. The molecule has 3 saturated heterocycles. The van der Waals surface area contributed by atoms with Gasteiger partial charge in [0.25, 0.3) is 0 Å². The van der Waals surface area contributed by atoms with Gasteiger partial charge in [-0.15, -0.1) is 18.3 Å². The van der Waals surface area contributed by atoms with Gasteiger partial charge in [-0.1, -0.05) is 66.2 Å². The van der Waals surface area contributed by atoms with Gasteiger partial charge in [-0.2, -0.15) is 0 Å². The highest BCUT2D eigenvalue weighted by atomic mass is 79.9. The third kappa shape index (κ3) is 4.41. The molecule has 3 fully saturated rings. The Morgan fingerprint density at radius 1 is 1.36 bits per heavy atom. The van der Waals surface area contributed by atoms with Gasteiger partial charge in [-0.05, 0) is 24.8 Å². The third-order valence-electron chi connectivity index (χ3n) is 7.71. The number of esters is 1. The number of carbonyl (C=O) groups is 3. The molecule has 0 aliphatic carbocycles. The first kappa shape index (κ1) is 27.2. The summed E-state index contributed by atoms with van der Waals surface area (Å²) >= 11 is 5.34. The van der Waals surface area contributed by atoms with Crippen LogP contribution in [0.5, 0.6) is 0 Å². The molecule has 3 unspecified atom stereocenters. The van der Waals surface area contributed by atoms with Crippen molar-refractivity contribution in [1.29, 1.82) is 0 Å². The summed E-state index contributed by atoms with van der Waals surface area (Å²) in [5.74, 6) is -2.16. The predicted octanol–water partition coefficient (Wildman–Crippen LogP) is 3.25. The minimum atomic E-state index is -0.798. The van der Waals surface area contributed by atoms with E-state index >= 15 is 0 Å². The van der Waals surface area contributed by atoms with Crippen molar-refractivity contribution in [2.24, 2.45) is 17.8 Å². The average Bonchev–Trinajstić information content (AvgIpc) is 3.43. The van der Waals surface area contributed by atoms with E-state index in [4.69, 9.17) is 4.74 Å². The quantitative estimate of drug-likeness (QED) is 0.260. The molecule has 36 heavy (non-hydrogen) atoms. The molecule has 9 heteroatoms. The van der Waals surface area contributed by atoms with Crippen LogP contribution in [0, 0.1) is 17.8 Å². The largest absolute Gasteiger partial charge is 0.466 e. The number of rotatable bonds is 10. The number of ether oxygens (including phenoxy) is 1. The number of halogens is 1. The molecule has 0 radical (unpaired) electrons. The van der Waals surface area contributed by atoms with E-state index in [2.05, 4.69) is 22.5 Å². The van der Waals surface area contributed by atoms with Crippen LogP contribution < -0.4 is 0 Å². The van der Waals surface area contributed by atoms with Crippen molar-refractivity contribution in [2.75, 3.05) is 19.8 Å². The fourth-order valence-electron chi connectivity index (χ4n) is 6.20. The van der Waals surface area contributed by atoms with Gasteiger partial charge >= 0.3 is 5.97 Å². The Kier molecular flexibility index (Phi) is 8.22. The van der Waals surface area contributed by atoms with E-state index in [1.807, 2.05) is 44.2 Å². The van der Waals surface area contributed by atoms with Crippen LogP contribution in [0.3, 0.4) is 0 Å². The van der Waals surface area contributed by atoms with Gasteiger partial charge in [0.2, 0.25) is 11.8 Å². The molecule has 1 aromatic rings. The van der Waals surface area contributed by atoms with Gasteiger partial charge < -0.3 is 19.6 Å². The number of thioether (sulfide) groups is 1. The van der Waals surface area contributed by atoms with Gasteiger partial charge in [0.15, 0.2) is 0 Å². The zero-order chi connectivity index (χ0) is 26.2. The maximum absolute atomic E-state index is 14.4. The number of likely N-dealkylation sites (tertiary alicyclic amines) is 1. The van der Waals surface area contributed by atoms with E-state index in [-0.39, 0.29) is 47.0 Å². The van der Waals surface area contributed by atoms with Crippen LogP contribution in [0.4, 0.5) is 0 Å². The second-order valence-electron chi connectivity index (χ2n) is 10.1. The molecule has 3 heterocycles. The Balaban J connectivity index is 1.80. The van der Waals surface area contributed by atoms with Crippen LogP contribution in [0.2, 0.25) is 0 Å². The SMILES string of the molecule is C=CCN(Cc1ccccc1)C(=O)C1N([C@@H](CO)C(C)C)C(=O)[C@@H]2[C@H](C(=O)OCC)[C@H]3SC12CC3Br. The van der Waals surface area contributed by atoms with Gasteiger partial charge in [-0.25, -0.2) is 0 Å². The minimum Gasteiger partial charge on any atom is -0.466 e. The molecule has 1 N–H and O–H groups in total. The van der Waals surface area contributed by atoms with Crippen molar-refractivity contribution in [3.63, 3.8) is 0 Å². The first-order valence-corrected chi connectivity index (χ1v) is 14.4. The third-order valence-corrected chi connectivity index (χ3v) is 10.9. The Labute approximate surface area is 225 Å². The van der Waals surface area contributed by atoms with Crippen LogP contribution in [-0.4, -0.2) is 79.4 Å². The molecule has 2 amide bonds. The van der Waals surface area contributed by atoms with Crippen molar-refractivity contribution in [3.05, 3.63) is 48.6 Å². The molecule has 0 aromatic heterocycles. The van der Waals surface area contributed by atoms with Crippen LogP contribution in [0.1, 0.15) is 32.8 Å². The van der Waals surface area contributed by atoms with E-state index in [1.165, 1.54) is 0 Å². The standard InChI is InChI=1S/C27H35BrN2O5S/c1-5-12-29(14-17-10-8-7-9-11-17)25(33)23-27-13-18(28)22(36-27)20(26(34)35-6-2)21(27)24(32)30(23)19(15-31)16(3)4/h5,7-11,16,18-23,31H,1,6,12-15H2,2-4H3/t18?,19-,20-,21-,22-,23?,27?/m0/s1. The summed E-state index contributed by atoms with van der Waals surface area (Å²) in [7, 11) is 0. The van der Waals surface area contributed by atoms with Gasteiger partial charge in [0.05, 0.1) is 35.8 Å². The van der Waals surface area contributed by atoms with Crippen LogP contribution in [-0.2, 0) is 25.7 Å². The summed E-state index contributed by atoms with van der Waals surface area (Å²) in [6, 6.07) is 8.39.